The fourth-order valence-electron chi connectivity index (χ4n) is 3.00. The van der Waals surface area contributed by atoms with Crippen molar-refractivity contribution in [1.82, 2.24) is 5.32 Å². The number of carbonyl (C=O) groups is 2. The van der Waals surface area contributed by atoms with Gasteiger partial charge in [-0.15, -0.1) is 0 Å². The molecular weight excluding hydrogens is 270 g/mol. The molecule has 0 aromatic carbocycles. The minimum atomic E-state index is -0.693. The monoisotopic (exact) mass is 299 g/mol. The van der Waals surface area contributed by atoms with E-state index in [4.69, 9.17) is 9.47 Å². The first-order valence-corrected chi connectivity index (χ1v) is 7.80. The van der Waals surface area contributed by atoms with E-state index in [0.29, 0.717) is 19.0 Å². The Morgan fingerprint density at radius 3 is 2.29 bits per heavy atom. The highest BCUT2D eigenvalue weighted by atomic mass is 16.5. The van der Waals surface area contributed by atoms with E-state index >= 15 is 0 Å². The largest absolute Gasteiger partial charge is 0.469 e. The molecule has 0 radical (unpaired) electrons. The molecule has 0 bridgehead atoms. The second-order valence-electron chi connectivity index (χ2n) is 6.54. The fraction of sp³-hybridized carbons (Fsp3) is 0.875. The first kappa shape index (κ1) is 18.0. The number of ether oxygens (including phenoxy) is 2. The molecule has 1 unspecified atom stereocenters. The van der Waals surface area contributed by atoms with Gasteiger partial charge in [-0.05, 0) is 33.1 Å². The average Bonchev–Trinajstić information content (AvgIpc) is 2.50. The molecule has 0 spiro atoms. The van der Waals surface area contributed by atoms with Gasteiger partial charge in [-0.25, -0.2) is 0 Å². The van der Waals surface area contributed by atoms with Crippen LogP contribution >= 0.6 is 0 Å². The molecule has 0 aromatic rings. The molecule has 0 aromatic heterocycles. The summed E-state index contributed by atoms with van der Waals surface area (Å²) in [6, 6.07) is 0.479. The minimum Gasteiger partial charge on any atom is -0.469 e. The quantitative estimate of drug-likeness (QED) is 0.731. The van der Waals surface area contributed by atoms with Gasteiger partial charge in [-0.1, -0.05) is 19.3 Å². The molecule has 1 saturated carbocycles. The van der Waals surface area contributed by atoms with Crippen LogP contribution in [0.25, 0.3) is 0 Å². The highest BCUT2D eigenvalue weighted by molar-refractivity contribution is 5.78. The van der Waals surface area contributed by atoms with Gasteiger partial charge in [0.25, 0.3) is 0 Å². The van der Waals surface area contributed by atoms with Crippen LogP contribution in [-0.4, -0.2) is 38.7 Å². The third-order valence-electron chi connectivity index (χ3n) is 4.29. The van der Waals surface area contributed by atoms with Gasteiger partial charge < -0.3 is 14.8 Å². The maximum Gasteiger partial charge on any atom is 0.311 e. The van der Waals surface area contributed by atoms with Gasteiger partial charge >= 0.3 is 11.9 Å². The zero-order chi connectivity index (χ0) is 15.9. The van der Waals surface area contributed by atoms with E-state index in [9.17, 15) is 9.59 Å². The van der Waals surface area contributed by atoms with Crippen molar-refractivity contribution in [3.63, 3.8) is 0 Å². The third-order valence-corrected chi connectivity index (χ3v) is 4.29. The Balaban J connectivity index is 2.58. The molecule has 1 N–H and O–H groups in total. The Morgan fingerprint density at radius 2 is 1.76 bits per heavy atom. The molecule has 0 saturated heterocycles. The Hall–Kier alpha value is -1.10. The van der Waals surface area contributed by atoms with Gasteiger partial charge in [0.15, 0.2) is 0 Å². The van der Waals surface area contributed by atoms with E-state index in [1.165, 1.54) is 33.5 Å². The van der Waals surface area contributed by atoms with Crippen LogP contribution in [0.1, 0.15) is 52.4 Å². The fourth-order valence-corrected chi connectivity index (χ4v) is 3.00. The number of nitrogens with one attached hydrogen (secondary N) is 1. The smallest absolute Gasteiger partial charge is 0.311 e. The molecule has 21 heavy (non-hydrogen) atoms. The Kier molecular flexibility index (Phi) is 7.15. The lowest BCUT2D eigenvalue weighted by Crippen LogP contribution is -2.40. The van der Waals surface area contributed by atoms with Gasteiger partial charge in [0.2, 0.25) is 0 Å². The number of hydrogen-bond acceptors (Lipinski definition) is 5. The van der Waals surface area contributed by atoms with Gasteiger partial charge in [-0.2, -0.15) is 0 Å². The second-order valence-corrected chi connectivity index (χ2v) is 6.54. The van der Waals surface area contributed by atoms with Gasteiger partial charge in [0.05, 0.1) is 25.6 Å². The molecule has 5 nitrogen and oxygen atoms in total. The highest BCUT2D eigenvalue weighted by Crippen LogP contribution is 2.28. The Morgan fingerprint density at radius 1 is 1.14 bits per heavy atom. The van der Waals surface area contributed by atoms with Crippen LogP contribution in [0.2, 0.25) is 0 Å². The topological polar surface area (TPSA) is 64.6 Å². The standard InChI is InChI=1S/C16H29NO4/c1-16(2,15(19)21-4)10-12(14(18)20-3)11-17-13-8-6-5-7-9-13/h12-13,17H,5-11H2,1-4H3. The van der Waals surface area contributed by atoms with Crippen LogP contribution < -0.4 is 5.32 Å². The lowest BCUT2D eigenvalue weighted by Gasteiger charge is -2.29. The van der Waals surface area contributed by atoms with Crippen LogP contribution in [0.5, 0.6) is 0 Å². The maximum atomic E-state index is 12.0. The first-order valence-electron chi connectivity index (χ1n) is 7.80. The SMILES string of the molecule is COC(=O)C(CNC1CCCCC1)CC(C)(C)C(=O)OC. The number of carbonyl (C=O) groups excluding carboxylic acids is 2. The van der Waals surface area contributed by atoms with Crippen LogP contribution in [-0.2, 0) is 19.1 Å². The third kappa shape index (κ3) is 5.65. The molecule has 0 amide bonds. The number of esters is 2. The summed E-state index contributed by atoms with van der Waals surface area (Å²) in [5.41, 5.74) is -0.693. The summed E-state index contributed by atoms with van der Waals surface area (Å²) in [5, 5.41) is 3.46. The van der Waals surface area contributed by atoms with Crippen LogP contribution in [0, 0.1) is 11.3 Å². The minimum absolute atomic E-state index is 0.268. The number of hydrogen-bond donors (Lipinski definition) is 1. The number of rotatable bonds is 7. The predicted molar refractivity (Wildman–Crippen MR) is 80.8 cm³/mol. The predicted octanol–water partition coefficient (Wildman–Crippen LogP) is 2.29. The molecule has 5 heteroatoms. The summed E-state index contributed by atoms with van der Waals surface area (Å²) in [4.78, 5) is 23.8. The van der Waals surface area contributed by atoms with Crippen LogP contribution in [0.4, 0.5) is 0 Å². The van der Waals surface area contributed by atoms with Crippen molar-refractivity contribution in [3.8, 4) is 0 Å². The molecule has 1 aliphatic rings. The molecule has 1 fully saturated rings. The van der Waals surface area contributed by atoms with E-state index in [1.807, 2.05) is 0 Å². The van der Waals surface area contributed by atoms with Crippen molar-refractivity contribution in [2.45, 2.75) is 58.4 Å². The van der Waals surface area contributed by atoms with Gasteiger partial charge in [-0.3, -0.25) is 9.59 Å². The normalized spacial score (nSPS) is 18.1. The van der Waals surface area contributed by atoms with Crippen molar-refractivity contribution in [1.29, 1.82) is 0 Å². The highest BCUT2D eigenvalue weighted by Gasteiger charge is 2.35. The molecule has 0 heterocycles. The van der Waals surface area contributed by atoms with Crippen LogP contribution in [0.15, 0.2) is 0 Å². The van der Waals surface area contributed by atoms with E-state index in [-0.39, 0.29) is 17.9 Å². The Labute approximate surface area is 127 Å². The van der Waals surface area contributed by atoms with Crippen molar-refractivity contribution < 1.29 is 19.1 Å². The van der Waals surface area contributed by atoms with E-state index in [1.54, 1.807) is 13.8 Å². The van der Waals surface area contributed by atoms with Gasteiger partial charge in [0, 0.05) is 12.6 Å². The summed E-state index contributed by atoms with van der Waals surface area (Å²) in [7, 11) is 2.76. The molecule has 0 aliphatic heterocycles. The summed E-state index contributed by atoms with van der Waals surface area (Å²) >= 11 is 0. The lowest BCUT2D eigenvalue weighted by molar-refractivity contribution is -0.154. The summed E-state index contributed by atoms with van der Waals surface area (Å²) in [6.07, 6.45) is 6.53. The molecule has 1 aliphatic carbocycles. The maximum absolute atomic E-state index is 12.0. The summed E-state index contributed by atoms with van der Waals surface area (Å²) in [6.45, 7) is 4.16. The van der Waals surface area contributed by atoms with E-state index in [2.05, 4.69) is 5.32 Å². The van der Waals surface area contributed by atoms with Crippen molar-refractivity contribution in [2.24, 2.45) is 11.3 Å². The second kappa shape index (κ2) is 8.37. The van der Waals surface area contributed by atoms with Crippen molar-refractivity contribution in [2.75, 3.05) is 20.8 Å². The van der Waals surface area contributed by atoms with Crippen molar-refractivity contribution in [3.05, 3.63) is 0 Å². The number of methoxy groups -OCH3 is 2. The summed E-state index contributed by atoms with van der Waals surface area (Å²) in [5.74, 6) is -0.893. The van der Waals surface area contributed by atoms with E-state index < -0.39 is 5.41 Å². The van der Waals surface area contributed by atoms with Gasteiger partial charge in [0.1, 0.15) is 0 Å². The zero-order valence-electron chi connectivity index (χ0n) is 13.7. The molecule has 122 valence electrons. The first-order chi connectivity index (χ1) is 9.90. The van der Waals surface area contributed by atoms with Crippen LogP contribution in [0.3, 0.4) is 0 Å². The lowest BCUT2D eigenvalue weighted by atomic mass is 9.82. The Bertz CT molecular complexity index is 348. The molecular formula is C16H29NO4. The van der Waals surface area contributed by atoms with Crippen molar-refractivity contribution >= 4 is 11.9 Å². The van der Waals surface area contributed by atoms with E-state index in [0.717, 1.165) is 12.8 Å². The average molecular weight is 299 g/mol. The molecule has 1 rings (SSSR count). The zero-order valence-corrected chi connectivity index (χ0v) is 13.7. The summed E-state index contributed by atoms with van der Waals surface area (Å²) < 4.78 is 9.69. The molecule has 1 atom stereocenters.